The Balaban J connectivity index is 1.80. The van der Waals surface area contributed by atoms with Crippen LogP contribution in [0.1, 0.15) is 19.4 Å². The Labute approximate surface area is 152 Å². The van der Waals surface area contributed by atoms with Crippen molar-refractivity contribution < 1.29 is 19.5 Å². The summed E-state index contributed by atoms with van der Waals surface area (Å²) >= 11 is 1.26. The summed E-state index contributed by atoms with van der Waals surface area (Å²) in [5.41, 5.74) is 1.85. The summed E-state index contributed by atoms with van der Waals surface area (Å²) in [6, 6.07) is 7.51. The van der Waals surface area contributed by atoms with Crippen molar-refractivity contribution in [1.82, 2.24) is 4.90 Å². The molecule has 1 fully saturated rings. The summed E-state index contributed by atoms with van der Waals surface area (Å²) in [6.07, 6.45) is 0. The Morgan fingerprint density at radius 1 is 1.28 bits per heavy atom. The van der Waals surface area contributed by atoms with E-state index in [0.29, 0.717) is 6.54 Å². The van der Waals surface area contributed by atoms with Gasteiger partial charge in [-0.05, 0) is 31.9 Å². The van der Waals surface area contributed by atoms with E-state index in [0.717, 1.165) is 11.3 Å². The SMILES string of the molecule is Cc1ccc(NC(=O)CSC(C)C(=O)N2C[C@@H](C)[C@H](C(=O)O)C2)cc1. The maximum atomic E-state index is 12.4. The number of thioether (sulfide) groups is 1. The molecule has 1 saturated heterocycles. The Kier molecular flexibility index (Phi) is 6.47. The molecule has 1 aliphatic rings. The molecule has 0 radical (unpaired) electrons. The molecule has 0 saturated carbocycles. The van der Waals surface area contributed by atoms with Gasteiger partial charge in [0, 0.05) is 18.8 Å². The van der Waals surface area contributed by atoms with Gasteiger partial charge >= 0.3 is 5.97 Å². The highest BCUT2D eigenvalue weighted by Gasteiger charge is 2.38. The molecule has 0 bridgehead atoms. The summed E-state index contributed by atoms with van der Waals surface area (Å²) in [5, 5.41) is 11.6. The average Bonchev–Trinajstić information content (AvgIpc) is 2.96. The number of carboxylic acid groups (broad SMARTS) is 1. The molecular formula is C18H24N2O4S. The second-order valence-corrected chi connectivity index (χ2v) is 7.86. The van der Waals surface area contributed by atoms with E-state index in [2.05, 4.69) is 5.32 Å². The molecule has 3 atom stereocenters. The fourth-order valence-electron chi connectivity index (χ4n) is 2.83. The number of rotatable bonds is 6. The molecule has 1 aliphatic heterocycles. The van der Waals surface area contributed by atoms with Gasteiger partial charge in [-0.1, -0.05) is 24.6 Å². The molecule has 136 valence electrons. The van der Waals surface area contributed by atoms with Gasteiger partial charge in [0.2, 0.25) is 11.8 Å². The van der Waals surface area contributed by atoms with E-state index < -0.39 is 11.9 Å². The van der Waals surface area contributed by atoms with Crippen LogP contribution in [0.4, 0.5) is 5.69 Å². The molecule has 2 amide bonds. The molecule has 1 aromatic rings. The molecule has 25 heavy (non-hydrogen) atoms. The van der Waals surface area contributed by atoms with Gasteiger partial charge in [-0.3, -0.25) is 14.4 Å². The molecule has 0 aromatic heterocycles. The standard InChI is InChI=1S/C18H24N2O4S/c1-11-4-6-14(7-5-11)19-16(21)10-25-13(3)17(22)20-8-12(2)15(9-20)18(23)24/h4-7,12-13,15H,8-10H2,1-3H3,(H,19,21)(H,23,24)/t12-,13?,15-/m1/s1. The minimum atomic E-state index is -0.861. The third-order valence-electron chi connectivity index (χ3n) is 4.39. The van der Waals surface area contributed by atoms with Gasteiger partial charge in [-0.15, -0.1) is 11.8 Å². The zero-order chi connectivity index (χ0) is 18.6. The lowest BCUT2D eigenvalue weighted by Gasteiger charge is -2.20. The Hall–Kier alpha value is -2.02. The maximum Gasteiger partial charge on any atom is 0.308 e. The number of likely N-dealkylation sites (tertiary alicyclic amines) is 1. The molecule has 1 aromatic carbocycles. The number of aliphatic carboxylic acids is 1. The predicted octanol–water partition coefficient (Wildman–Crippen LogP) is 2.23. The van der Waals surface area contributed by atoms with Crippen molar-refractivity contribution in [3.63, 3.8) is 0 Å². The van der Waals surface area contributed by atoms with Crippen LogP contribution < -0.4 is 5.32 Å². The quantitative estimate of drug-likeness (QED) is 0.808. The maximum absolute atomic E-state index is 12.4. The predicted molar refractivity (Wildman–Crippen MR) is 98.6 cm³/mol. The van der Waals surface area contributed by atoms with Gasteiger partial charge in [-0.2, -0.15) is 0 Å². The highest BCUT2D eigenvalue weighted by Crippen LogP contribution is 2.25. The second kappa shape index (κ2) is 8.38. The number of hydrogen-bond acceptors (Lipinski definition) is 4. The first-order chi connectivity index (χ1) is 11.8. The summed E-state index contributed by atoms with van der Waals surface area (Å²) in [7, 11) is 0. The van der Waals surface area contributed by atoms with Gasteiger partial charge in [0.1, 0.15) is 0 Å². The Morgan fingerprint density at radius 2 is 1.92 bits per heavy atom. The zero-order valence-electron chi connectivity index (χ0n) is 14.7. The van der Waals surface area contributed by atoms with Gasteiger partial charge in [-0.25, -0.2) is 0 Å². The lowest BCUT2D eigenvalue weighted by atomic mass is 9.99. The smallest absolute Gasteiger partial charge is 0.308 e. The van der Waals surface area contributed by atoms with Crippen molar-refractivity contribution in [3.8, 4) is 0 Å². The molecule has 7 heteroatoms. The number of nitrogens with one attached hydrogen (secondary N) is 1. The first-order valence-electron chi connectivity index (χ1n) is 8.27. The van der Waals surface area contributed by atoms with E-state index in [1.807, 2.05) is 38.1 Å². The van der Waals surface area contributed by atoms with Gasteiger partial charge in [0.25, 0.3) is 0 Å². The molecule has 2 N–H and O–H groups in total. The fraction of sp³-hybridized carbons (Fsp3) is 0.500. The monoisotopic (exact) mass is 364 g/mol. The Bertz CT molecular complexity index is 647. The van der Waals surface area contributed by atoms with Crippen molar-refractivity contribution in [1.29, 1.82) is 0 Å². The summed E-state index contributed by atoms with van der Waals surface area (Å²) < 4.78 is 0. The molecule has 0 spiro atoms. The van der Waals surface area contributed by atoms with Crippen LogP contribution in [0.3, 0.4) is 0 Å². The molecular weight excluding hydrogens is 340 g/mol. The van der Waals surface area contributed by atoms with Crippen molar-refractivity contribution in [2.75, 3.05) is 24.2 Å². The average molecular weight is 364 g/mol. The first kappa shape index (κ1) is 19.3. The van der Waals surface area contributed by atoms with Crippen LogP contribution >= 0.6 is 11.8 Å². The second-order valence-electron chi connectivity index (χ2n) is 6.53. The number of nitrogens with zero attached hydrogens (tertiary/aromatic N) is 1. The number of benzene rings is 1. The Morgan fingerprint density at radius 3 is 2.48 bits per heavy atom. The topological polar surface area (TPSA) is 86.7 Å². The number of anilines is 1. The molecule has 0 aliphatic carbocycles. The third kappa shape index (κ3) is 5.22. The van der Waals surface area contributed by atoms with Crippen molar-refractivity contribution in [3.05, 3.63) is 29.8 Å². The number of carbonyl (C=O) groups is 3. The molecule has 1 heterocycles. The van der Waals surface area contributed by atoms with Gasteiger partial charge in [0.05, 0.1) is 16.9 Å². The number of carboxylic acids is 1. The van der Waals surface area contributed by atoms with E-state index in [4.69, 9.17) is 5.11 Å². The van der Waals surface area contributed by atoms with Crippen molar-refractivity contribution in [2.24, 2.45) is 11.8 Å². The zero-order valence-corrected chi connectivity index (χ0v) is 15.5. The fourth-order valence-corrected chi connectivity index (χ4v) is 3.60. The van der Waals surface area contributed by atoms with Crippen LogP contribution in [0, 0.1) is 18.8 Å². The number of carbonyl (C=O) groups excluding carboxylic acids is 2. The number of amides is 2. The summed E-state index contributed by atoms with van der Waals surface area (Å²) in [4.78, 5) is 37.2. The van der Waals surface area contributed by atoms with E-state index >= 15 is 0 Å². The van der Waals surface area contributed by atoms with Crippen LogP contribution in [0.15, 0.2) is 24.3 Å². The van der Waals surface area contributed by atoms with Crippen molar-refractivity contribution >= 4 is 35.2 Å². The van der Waals surface area contributed by atoms with Crippen LogP contribution in [0.25, 0.3) is 0 Å². The van der Waals surface area contributed by atoms with E-state index in [1.54, 1.807) is 11.8 Å². The first-order valence-corrected chi connectivity index (χ1v) is 9.32. The third-order valence-corrected chi connectivity index (χ3v) is 5.52. The van der Waals surface area contributed by atoms with Crippen LogP contribution in [0.5, 0.6) is 0 Å². The summed E-state index contributed by atoms with van der Waals surface area (Å²) in [5.74, 6) is -1.52. The molecule has 1 unspecified atom stereocenters. The van der Waals surface area contributed by atoms with Crippen LogP contribution in [-0.2, 0) is 14.4 Å². The number of hydrogen-bond donors (Lipinski definition) is 2. The lowest BCUT2D eigenvalue weighted by molar-refractivity contribution is -0.142. The normalized spacial score (nSPS) is 21.0. The van der Waals surface area contributed by atoms with Gasteiger partial charge in [0.15, 0.2) is 0 Å². The minimum Gasteiger partial charge on any atom is -0.481 e. The molecule has 2 rings (SSSR count). The summed E-state index contributed by atoms with van der Waals surface area (Å²) in [6.45, 7) is 6.28. The number of aryl methyl sites for hydroxylation is 1. The lowest BCUT2D eigenvalue weighted by Crippen LogP contribution is -2.36. The van der Waals surface area contributed by atoms with Crippen molar-refractivity contribution in [2.45, 2.75) is 26.0 Å². The molecule has 6 nitrogen and oxygen atoms in total. The van der Waals surface area contributed by atoms with E-state index in [1.165, 1.54) is 11.8 Å². The minimum absolute atomic E-state index is 0.0523. The highest BCUT2D eigenvalue weighted by atomic mass is 32.2. The van der Waals surface area contributed by atoms with Crippen LogP contribution in [0.2, 0.25) is 0 Å². The van der Waals surface area contributed by atoms with Crippen LogP contribution in [-0.4, -0.2) is 51.9 Å². The van der Waals surface area contributed by atoms with Gasteiger partial charge < -0.3 is 15.3 Å². The van der Waals surface area contributed by atoms with E-state index in [-0.39, 0.29) is 35.3 Å². The van der Waals surface area contributed by atoms with E-state index in [9.17, 15) is 14.4 Å². The largest absolute Gasteiger partial charge is 0.481 e. The highest BCUT2D eigenvalue weighted by molar-refractivity contribution is 8.01.